The van der Waals surface area contributed by atoms with E-state index in [0.29, 0.717) is 13.0 Å². The zero-order chi connectivity index (χ0) is 14.5. The van der Waals surface area contributed by atoms with Gasteiger partial charge in [0.2, 0.25) is 0 Å². The molecule has 0 aromatic rings. The molecule has 6 heteroatoms. The van der Waals surface area contributed by atoms with Gasteiger partial charge in [-0.3, -0.25) is 0 Å². The number of halogens is 1. The molecule has 0 aliphatic carbocycles. The maximum atomic E-state index is 11.8. The van der Waals surface area contributed by atoms with E-state index in [1.807, 2.05) is 13.8 Å². The van der Waals surface area contributed by atoms with Crippen molar-refractivity contribution in [2.45, 2.75) is 52.0 Å². The summed E-state index contributed by atoms with van der Waals surface area (Å²) in [6, 6.07) is -0.639. The Labute approximate surface area is 120 Å². The fourth-order valence-corrected chi connectivity index (χ4v) is 1.47. The minimum absolute atomic E-state index is 0.124. The summed E-state index contributed by atoms with van der Waals surface area (Å²) in [5.74, 6) is -0.168. The Kier molecular flexibility index (Phi) is 11.5. The van der Waals surface area contributed by atoms with Gasteiger partial charge in [0.15, 0.2) is 0 Å². The van der Waals surface area contributed by atoms with Crippen molar-refractivity contribution in [3.63, 3.8) is 0 Å². The Bertz CT molecular complexity index is 261. The Hall–Kier alpha value is -0.970. The van der Waals surface area contributed by atoms with Crippen LogP contribution >= 0.6 is 11.6 Å². The predicted molar refractivity (Wildman–Crippen MR) is 74.4 cm³/mol. The quantitative estimate of drug-likeness (QED) is 0.382. The average molecular weight is 294 g/mol. The number of rotatable bonds is 10. The molecule has 0 spiro atoms. The normalized spacial score (nSPS) is 11.7. The fourth-order valence-electron chi connectivity index (χ4n) is 1.39. The second-order valence-electron chi connectivity index (χ2n) is 4.19. The minimum Gasteiger partial charge on any atom is -0.464 e. The lowest BCUT2D eigenvalue weighted by molar-refractivity contribution is -0.146. The van der Waals surface area contributed by atoms with E-state index in [1.165, 1.54) is 0 Å². The molecule has 0 saturated carbocycles. The van der Waals surface area contributed by atoms with Crippen molar-refractivity contribution in [1.82, 2.24) is 5.32 Å². The monoisotopic (exact) mass is 293 g/mol. The number of alkyl halides is 1. The number of unbranched alkanes of at least 4 members (excludes halogenated alkanes) is 2. The Morgan fingerprint density at radius 2 is 1.79 bits per heavy atom. The van der Waals surface area contributed by atoms with E-state index >= 15 is 0 Å². The lowest BCUT2D eigenvalue weighted by atomic mass is 10.1. The molecule has 1 N–H and O–H groups in total. The van der Waals surface area contributed by atoms with Crippen molar-refractivity contribution in [1.29, 1.82) is 0 Å². The zero-order valence-corrected chi connectivity index (χ0v) is 12.5. The van der Waals surface area contributed by atoms with E-state index in [4.69, 9.17) is 21.1 Å². The predicted octanol–water partition coefficient (Wildman–Crippen LogP) is 2.85. The highest BCUT2D eigenvalue weighted by Gasteiger charge is 2.22. The third-order valence-electron chi connectivity index (χ3n) is 2.48. The first-order valence-electron chi connectivity index (χ1n) is 6.81. The van der Waals surface area contributed by atoms with Gasteiger partial charge in [-0.05, 0) is 12.8 Å². The largest absolute Gasteiger partial charge is 0.464 e. The third-order valence-corrected chi connectivity index (χ3v) is 2.63. The van der Waals surface area contributed by atoms with E-state index in [0.717, 1.165) is 25.7 Å². The number of esters is 1. The molecule has 0 radical (unpaired) electrons. The van der Waals surface area contributed by atoms with E-state index in [1.54, 1.807) is 0 Å². The van der Waals surface area contributed by atoms with Crippen LogP contribution < -0.4 is 5.32 Å². The number of hydrogen-bond acceptors (Lipinski definition) is 4. The van der Waals surface area contributed by atoms with Gasteiger partial charge in [0.1, 0.15) is 12.6 Å². The summed E-state index contributed by atoms with van der Waals surface area (Å²) in [4.78, 5) is 23.2. The smallest absolute Gasteiger partial charge is 0.407 e. The summed E-state index contributed by atoms with van der Waals surface area (Å²) in [7, 11) is 0. The molecule has 0 aromatic carbocycles. The number of nitrogens with one attached hydrogen (secondary N) is 1. The van der Waals surface area contributed by atoms with Crippen LogP contribution in [-0.2, 0) is 14.3 Å². The van der Waals surface area contributed by atoms with Crippen molar-refractivity contribution < 1.29 is 19.1 Å². The second-order valence-corrected chi connectivity index (χ2v) is 4.56. The summed E-state index contributed by atoms with van der Waals surface area (Å²) in [6.45, 7) is 4.55. The van der Waals surface area contributed by atoms with Gasteiger partial charge in [0.05, 0.1) is 12.5 Å². The van der Waals surface area contributed by atoms with Crippen LogP contribution in [0.4, 0.5) is 4.79 Å². The van der Waals surface area contributed by atoms with Crippen molar-refractivity contribution in [2.75, 3.05) is 19.1 Å². The lowest BCUT2D eigenvalue weighted by Gasteiger charge is -2.17. The molecule has 0 heterocycles. The van der Waals surface area contributed by atoms with Crippen molar-refractivity contribution in [3.05, 3.63) is 0 Å². The molecule has 0 aliphatic heterocycles. The third kappa shape index (κ3) is 9.59. The van der Waals surface area contributed by atoms with Crippen LogP contribution in [0.1, 0.15) is 46.0 Å². The SMILES string of the molecule is CCCCOC(=O)C(CCCC)NC(=O)OCCCl. The molecule has 19 heavy (non-hydrogen) atoms. The zero-order valence-electron chi connectivity index (χ0n) is 11.7. The summed E-state index contributed by atoms with van der Waals surface area (Å²) in [5.41, 5.74) is 0. The molecule has 0 aliphatic rings. The fraction of sp³-hybridized carbons (Fsp3) is 0.846. The summed E-state index contributed by atoms with van der Waals surface area (Å²) >= 11 is 5.42. The molecule has 0 fully saturated rings. The topological polar surface area (TPSA) is 64.6 Å². The van der Waals surface area contributed by atoms with E-state index in [2.05, 4.69) is 5.32 Å². The van der Waals surface area contributed by atoms with Gasteiger partial charge in [-0.15, -0.1) is 11.6 Å². The molecule has 0 rings (SSSR count). The van der Waals surface area contributed by atoms with Crippen LogP contribution in [0.3, 0.4) is 0 Å². The molecule has 112 valence electrons. The molecular formula is C13H24ClNO4. The maximum Gasteiger partial charge on any atom is 0.407 e. The summed E-state index contributed by atoms with van der Waals surface area (Å²) in [5, 5.41) is 2.52. The number of carbonyl (C=O) groups excluding carboxylic acids is 2. The first kappa shape index (κ1) is 18.0. The molecule has 1 unspecified atom stereocenters. The molecule has 0 saturated heterocycles. The van der Waals surface area contributed by atoms with Crippen LogP contribution in [0.25, 0.3) is 0 Å². The first-order valence-corrected chi connectivity index (χ1v) is 7.35. The van der Waals surface area contributed by atoms with Gasteiger partial charge >= 0.3 is 12.1 Å². The molecule has 0 bridgehead atoms. The van der Waals surface area contributed by atoms with E-state index in [-0.39, 0.29) is 12.5 Å². The molecule has 0 aromatic heterocycles. The van der Waals surface area contributed by atoms with Gasteiger partial charge in [-0.25, -0.2) is 9.59 Å². The van der Waals surface area contributed by atoms with Gasteiger partial charge in [0.25, 0.3) is 0 Å². The van der Waals surface area contributed by atoms with Gasteiger partial charge in [-0.2, -0.15) is 0 Å². The lowest BCUT2D eigenvalue weighted by Crippen LogP contribution is -2.42. The van der Waals surface area contributed by atoms with Crippen LogP contribution in [0.15, 0.2) is 0 Å². The van der Waals surface area contributed by atoms with Crippen LogP contribution in [0, 0.1) is 0 Å². The number of alkyl carbamates (subject to hydrolysis) is 1. The Morgan fingerprint density at radius 1 is 1.11 bits per heavy atom. The highest BCUT2D eigenvalue weighted by molar-refractivity contribution is 6.18. The standard InChI is InChI=1S/C13H24ClNO4/c1-3-5-7-11(12(16)18-9-6-4-2)15-13(17)19-10-8-14/h11H,3-10H2,1-2H3,(H,15,17). The van der Waals surface area contributed by atoms with E-state index in [9.17, 15) is 9.59 Å². The highest BCUT2D eigenvalue weighted by atomic mass is 35.5. The van der Waals surface area contributed by atoms with Crippen molar-refractivity contribution in [2.24, 2.45) is 0 Å². The molecule has 1 amide bonds. The number of carbonyl (C=O) groups is 2. The van der Waals surface area contributed by atoms with Crippen LogP contribution in [0.5, 0.6) is 0 Å². The van der Waals surface area contributed by atoms with Gasteiger partial charge < -0.3 is 14.8 Å². The molecular weight excluding hydrogens is 270 g/mol. The molecule has 1 atom stereocenters. The maximum absolute atomic E-state index is 11.8. The number of amides is 1. The highest BCUT2D eigenvalue weighted by Crippen LogP contribution is 2.04. The Morgan fingerprint density at radius 3 is 2.37 bits per heavy atom. The Balaban J connectivity index is 4.19. The summed E-state index contributed by atoms with van der Waals surface area (Å²) < 4.78 is 9.90. The number of hydrogen-bond donors (Lipinski definition) is 1. The average Bonchev–Trinajstić information content (AvgIpc) is 2.41. The minimum atomic E-state index is -0.639. The number of ether oxygens (including phenoxy) is 2. The second kappa shape index (κ2) is 12.1. The van der Waals surface area contributed by atoms with Crippen LogP contribution in [-0.4, -0.2) is 37.2 Å². The first-order chi connectivity index (χ1) is 9.15. The van der Waals surface area contributed by atoms with Crippen LogP contribution in [0.2, 0.25) is 0 Å². The van der Waals surface area contributed by atoms with Crippen molar-refractivity contribution in [3.8, 4) is 0 Å². The molecule has 5 nitrogen and oxygen atoms in total. The van der Waals surface area contributed by atoms with Gasteiger partial charge in [0, 0.05) is 0 Å². The summed E-state index contributed by atoms with van der Waals surface area (Å²) in [6.07, 6.45) is 3.48. The van der Waals surface area contributed by atoms with Gasteiger partial charge in [-0.1, -0.05) is 33.1 Å². The van der Waals surface area contributed by atoms with Crippen molar-refractivity contribution >= 4 is 23.7 Å². The van der Waals surface area contributed by atoms with E-state index < -0.39 is 18.1 Å².